The number of piperidine rings is 1. The van der Waals surface area contributed by atoms with Crippen molar-refractivity contribution in [1.82, 2.24) is 10.6 Å². The number of benzene rings is 1. The molecule has 1 fully saturated rings. The van der Waals surface area contributed by atoms with Crippen LogP contribution in [0.2, 0.25) is 0 Å². The molecule has 1 saturated heterocycles. The van der Waals surface area contributed by atoms with Gasteiger partial charge in [-0.3, -0.25) is 4.79 Å². The standard InChI is InChI=1S/C14H19FN2O.ClH/c1-9-3-4-11(12(15)7-9)14(18)17-13-5-6-16-8-10(13)2;/h3-4,7,10,13,16H,5-6,8H2,1-2H3,(H,17,18);1H. The molecular formula is C14H20ClFN2O. The SMILES string of the molecule is Cc1ccc(C(=O)NC2CCNCC2C)c(F)c1.Cl. The molecule has 0 spiro atoms. The first-order valence-electron chi connectivity index (χ1n) is 6.35. The highest BCUT2D eigenvalue weighted by atomic mass is 35.5. The van der Waals surface area contributed by atoms with Crippen LogP contribution in [-0.2, 0) is 0 Å². The summed E-state index contributed by atoms with van der Waals surface area (Å²) in [5, 5.41) is 6.20. The smallest absolute Gasteiger partial charge is 0.254 e. The molecule has 2 rings (SSSR count). The van der Waals surface area contributed by atoms with Gasteiger partial charge in [-0.2, -0.15) is 0 Å². The van der Waals surface area contributed by atoms with E-state index in [1.54, 1.807) is 19.1 Å². The van der Waals surface area contributed by atoms with Crippen LogP contribution in [0.15, 0.2) is 18.2 Å². The van der Waals surface area contributed by atoms with Crippen LogP contribution in [-0.4, -0.2) is 25.0 Å². The summed E-state index contributed by atoms with van der Waals surface area (Å²) in [6, 6.07) is 4.82. The Morgan fingerprint density at radius 2 is 2.21 bits per heavy atom. The van der Waals surface area contributed by atoms with Crippen molar-refractivity contribution in [3.63, 3.8) is 0 Å². The van der Waals surface area contributed by atoms with Crippen LogP contribution >= 0.6 is 12.4 Å². The van der Waals surface area contributed by atoms with Crippen molar-refractivity contribution in [3.8, 4) is 0 Å². The summed E-state index contributed by atoms with van der Waals surface area (Å²) in [6.07, 6.45) is 0.889. The van der Waals surface area contributed by atoms with Crippen molar-refractivity contribution in [2.75, 3.05) is 13.1 Å². The zero-order valence-electron chi connectivity index (χ0n) is 11.2. The van der Waals surface area contributed by atoms with E-state index in [2.05, 4.69) is 17.6 Å². The third-order valence-corrected chi connectivity index (χ3v) is 3.47. The maximum absolute atomic E-state index is 13.7. The summed E-state index contributed by atoms with van der Waals surface area (Å²) in [7, 11) is 0. The van der Waals surface area contributed by atoms with E-state index in [0.29, 0.717) is 5.92 Å². The molecule has 3 nitrogen and oxygen atoms in total. The van der Waals surface area contributed by atoms with Crippen molar-refractivity contribution in [3.05, 3.63) is 35.1 Å². The molecule has 1 aromatic rings. The van der Waals surface area contributed by atoms with Gasteiger partial charge in [0.15, 0.2) is 0 Å². The number of amides is 1. The summed E-state index contributed by atoms with van der Waals surface area (Å²) in [5.74, 6) is -0.392. The molecular weight excluding hydrogens is 267 g/mol. The minimum absolute atomic E-state index is 0. The molecule has 106 valence electrons. The molecule has 0 bridgehead atoms. The zero-order chi connectivity index (χ0) is 13.1. The lowest BCUT2D eigenvalue weighted by atomic mass is 9.95. The number of rotatable bonds is 2. The summed E-state index contributed by atoms with van der Waals surface area (Å²) < 4.78 is 13.7. The van der Waals surface area contributed by atoms with Gasteiger partial charge >= 0.3 is 0 Å². The largest absolute Gasteiger partial charge is 0.349 e. The molecule has 5 heteroatoms. The van der Waals surface area contributed by atoms with Crippen LogP contribution < -0.4 is 10.6 Å². The second-order valence-electron chi connectivity index (χ2n) is 5.03. The second kappa shape index (κ2) is 6.87. The van der Waals surface area contributed by atoms with Gasteiger partial charge in [0.1, 0.15) is 5.82 Å². The first-order chi connectivity index (χ1) is 8.58. The van der Waals surface area contributed by atoms with E-state index >= 15 is 0 Å². The molecule has 1 aromatic carbocycles. The number of carbonyl (C=O) groups excluding carboxylic acids is 1. The zero-order valence-corrected chi connectivity index (χ0v) is 12.0. The molecule has 1 heterocycles. The summed E-state index contributed by atoms with van der Waals surface area (Å²) in [6.45, 7) is 5.68. The fourth-order valence-electron chi connectivity index (χ4n) is 2.28. The second-order valence-corrected chi connectivity index (χ2v) is 5.03. The molecule has 19 heavy (non-hydrogen) atoms. The Kier molecular flexibility index (Phi) is 5.76. The highest BCUT2D eigenvalue weighted by molar-refractivity contribution is 5.94. The molecule has 2 N–H and O–H groups in total. The highest BCUT2D eigenvalue weighted by Gasteiger charge is 2.23. The van der Waals surface area contributed by atoms with E-state index in [9.17, 15) is 9.18 Å². The monoisotopic (exact) mass is 286 g/mol. The van der Waals surface area contributed by atoms with Gasteiger partial charge in [-0.15, -0.1) is 12.4 Å². The van der Waals surface area contributed by atoms with Crippen molar-refractivity contribution < 1.29 is 9.18 Å². The number of carbonyl (C=O) groups is 1. The lowest BCUT2D eigenvalue weighted by molar-refractivity contribution is 0.0910. The predicted octanol–water partition coefficient (Wildman–Crippen LogP) is 2.28. The summed E-state index contributed by atoms with van der Waals surface area (Å²) in [5.41, 5.74) is 0.950. The Balaban J connectivity index is 0.00000180. The Labute approximate surface area is 119 Å². The molecule has 0 aromatic heterocycles. The van der Waals surface area contributed by atoms with Gasteiger partial charge in [0.25, 0.3) is 5.91 Å². The van der Waals surface area contributed by atoms with Gasteiger partial charge < -0.3 is 10.6 Å². The van der Waals surface area contributed by atoms with Crippen LogP contribution in [0.4, 0.5) is 4.39 Å². The third-order valence-electron chi connectivity index (χ3n) is 3.47. The van der Waals surface area contributed by atoms with Crippen LogP contribution in [0.5, 0.6) is 0 Å². The van der Waals surface area contributed by atoms with Gasteiger partial charge in [-0.1, -0.05) is 13.0 Å². The maximum Gasteiger partial charge on any atom is 0.254 e. The van der Waals surface area contributed by atoms with E-state index in [1.165, 1.54) is 6.07 Å². The Hall–Kier alpha value is -1.13. The van der Waals surface area contributed by atoms with E-state index in [4.69, 9.17) is 0 Å². The third kappa shape index (κ3) is 3.91. The van der Waals surface area contributed by atoms with Gasteiger partial charge in [-0.25, -0.2) is 4.39 Å². The number of nitrogens with one attached hydrogen (secondary N) is 2. The Morgan fingerprint density at radius 3 is 2.84 bits per heavy atom. The van der Waals surface area contributed by atoms with Crippen molar-refractivity contribution >= 4 is 18.3 Å². The average Bonchev–Trinajstić information content (AvgIpc) is 2.32. The molecule has 1 aliphatic rings. The lowest BCUT2D eigenvalue weighted by Gasteiger charge is -2.30. The number of hydrogen-bond acceptors (Lipinski definition) is 2. The number of halogens is 2. The Morgan fingerprint density at radius 1 is 1.47 bits per heavy atom. The molecule has 0 saturated carbocycles. The summed E-state index contributed by atoms with van der Waals surface area (Å²) in [4.78, 5) is 12.0. The molecule has 1 amide bonds. The van der Waals surface area contributed by atoms with Crippen LogP contribution in [0.1, 0.15) is 29.3 Å². The minimum atomic E-state index is -0.450. The fourth-order valence-corrected chi connectivity index (χ4v) is 2.28. The van der Waals surface area contributed by atoms with Crippen molar-refractivity contribution in [2.24, 2.45) is 5.92 Å². The first kappa shape index (κ1) is 15.9. The minimum Gasteiger partial charge on any atom is -0.349 e. The normalized spacial score (nSPS) is 22.5. The predicted molar refractivity (Wildman–Crippen MR) is 76.3 cm³/mol. The van der Waals surface area contributed by atoms with Crippen molar-refractivity contribution in [2.45, 2.75) is 26.3 Å². The van der Waals surface area contributed by atoms with Gasteiger partial charge in [-0.05, 0) is 50.0 Å². The number of hydrogen-bond donors (Lipinski definition) is 2. The van der Waals surface area contributed by atoms with E-state index in [-0.39, 0.29) is 29.9 Å². The molecule has 2 atom stereocenters. The van der Waals surface area contributed by atoms with Crippen LogP contribution in [0.3, 0.4) is 0 Å². The molecule has 0 radical (unpaired) electrons. The van der Waals surface area contributed by atoms with E-state index < -0.39 is 5.82 Å². The maximum atomic E-state index is 13.7. The topological polar surface area (TPSA) is 41.1 Å². The van der Waals surface area contributed by atoms with Crippen LogP contribution in [0.25, 0.3) is 0 Å². The van der Waals surface area contributed by atoms with Gasteiger partial charge in [0, 0.05) is 6.04 Å². The quantitative estimate of drug-likeness (QED) is 0.876. The van der Waals surface area contributed by atoms with Crippen molar-refractivity contribution in [1.29, 1.82) is 0 Å². The first-order valence-corrected chi connectivity index (χ1v) is 6.35. The van der Waals surface area contributed by atoms with Crippen LogP contribution in [0, 0.1) is 18.7 Å². The lowest BCUT2D eigenvalue weighted by Crippen LogP contribution is -2.48. The summed E-state index contributed by atoms with van der Waals surface area (Å²) >= 11 is 0. The number of aryl methyl sites for hydroxylation is 1. The Bertz CT molecular complexity index is 453. The highest BCUT2D eigenvalue weighted by Crippen LogP contribution is 2.14. The van der Waals surface area contributed by atoms with E-state index in [1.807, 2.05) is 0 Å². The fraction of sp³-hybridized carbons (Fsp3) is 0.500. The molecule has 1 aliphatic heterocycles. The van der Waals surface area contributed by atoms with Gasteiger partial charge in [0.2, 0.25) is 0 Å². The van der Waals surface area contributed by atoms with Gasteiger partial charge in [0.05, 0.1) is 5.56 Å². The van der Waals surface area contributed by atoms with E-state index in [0.717, 1.165) is 25.1 Å². The molecule has 2 unspecified atom stereocenters. The molecule has 0 aliphatic carbocycles. The average molecular weight is 287 g/mol.